The summed E-state index contributed by atoms with van der Waals surface area (Å²) in [6.07, 6.45) is 0.840. The van der Waals surface area contributed by atoms with Gasteiger partial charge in [-0.25, -0.2) is 0 Å². The van der Waals surface area contributed by atoms with Crippen molar-refractivity contribution in [3.63, 3.8) is 0 Å². The zero-order chi connectivity index (χ0) is 9.68. The molecular formula is C10H14BrNO. The van der Waals surface area contributed by atoms with Crippen molar-refractivity contribution in [2.24, 2.45) is 11.7 Å². The maximum absolute atomic E-state index is 8.96. The van der Waals surface area contributed by atoms with Gasteiger partial charge in [0, 0.05) is 11.1 Å². The summed E-state index contributed by atoms with van der Waals surface area (Å²) in [5, 5.41) is 8.96. The topological polar surface area (TPSA) is 46.2 Å². The number of halogens is 1. The molecule has 0 heterocycles. The normalized spacial score (nSPS) is 12.8. The van der Waals surface area contributed by atoms with Gasteiger partial charge in [-0.2, -0.15) is 0 Å². The van der Waals surface area contributed by atoms with Gasteiger partial charge in [-0.3, -0.25) is 0 Å². The highest BCUT2D eigenvalue weighted by molar-refractivity contribution is 9.10. The summed E-state index contributed by atoms with van der Waals surface area (Å²) in [7, 11) is 0. The van der Waals surface area contributed by atoms with Crippen LogP contribution in [-0.4, -0.2) is 18.3 Å². The molecule has 1 aromatic rings. The molecule has 0 fully saturated rings. The van der Waals surface area contributed by atoms with Gasteiger partial charge in [-0.05, 0) is 36.6 Å². The lowest BCUT2D eigenvalue weighted by Crippen LogP contribution is -2.20. The fraction of sp³-hybridized carbons (Fsp3) is 0.400. The van der Waals surface area contributed by atoms with Crippen LogP contribution in [0.5, 0.6) is 0 Å². The molecule has 3 N–H and O–H groups in total. The molecule has 72 valence electrons. The summed E-state index contributed by atoms with van der Waals surface area (Å²) in [6, 6.07) is 8.08. The van der Waals surface area contributed by atoms with Gasteiger partial charge in [-0.15, -0.1) is 0 Å². The highest BCUT2D eigenvalue weighted by Gasteiger charge is 2.05. The maximum atomic E-state index is 8.96. The Hall–Kier alpha value is -0.380. The van der Waals surface area contributed by atoms with E-state index in [1.165, 1.54) is 5.56 Å². The second-order valence-electron chi connectivity index (χ2n) is 3.12. The molecule has 0 radical (unpaired) electrons. The largest absolute Gasteiger partial charge is 0.396 e. The van der Waals surface area contributed by atoms with Crippen molar-refractivity contribution in [1.29, 1.82) is 0 Å². The standard InChI is InChI=1S/C10H14BrNO/c11-10-3-1-2-8(5-10)4-9(6-12)7-13/h1-3,5,9,13H,4,6-7,12H2/t9-/m0/s1. The van der Waals surface area contributed by atoms with Crippen LogP contribution >= 0.6 is 15.9 Å². The first-order chi connectivity index (χ1) is 6.26. The van der Waals surface area contributed by atoms with E-state index >= 15 is 0 Å². The Labute approximate surface area is 86.9 Å². The average molecular weight is 244 g/mol. The Morgan fingerprint density at radius 2 is 2.23 bits per heavy atom. The lowest BCUT2D eigenvalue weighted by atomic mass is 10.0. The summed E-state index contributed by atoms with van der Waals surface area (Å²) in [6.45, 7) is 0.687. The molecule has 2 nitrogen and oxygen atoms in total. The quantitative estimate of drug-likeness (QED) is 0.844. The molecule has 0 bridgehead atoms. The first kappa shape index (κ1) is 10.7. The summed E-state index contributed by atoms with van der Waals surface area (Å²) >= 11 is 3.40. The van der Waals surface area contributed by atoms with Crippen LogP contribution in [0.25, 0.3) is 0 Å². The minimum atomic E-state index is 0.156. The van der Waals surface area contributed by atoms with Crippen molar-refractivity contribution in [2.45, 2.75) is 6.42 Å². The zero-order valence-electron chi connectivity index (χ0n) is 7.41. The predicted molar refractivity (Wildman–Crippen MR) is 57.5 cm³/mol. The van der Waals surface area contributed by atoms with Gasteiger partial charge < -0.3 is 10.8 Å². The van der Waals surface area contributed by atoms with Gasteiger partial charge in [0.25, 0.3) is 0 Å². The Morgan fingerprint density at radius 3 is 2.77 bits per heavy atom. The second kappa shape index (κ2) is 5.37. The molecule has 0 saturated heterocycles. The van der Waals surface area contributed by atoms with Crippen molar-refractivity contribution >= 4 is 15.9 Å². The van der Waals surface area contributed by atoms with Gasteiger partial charge in [0.15, 0.2) is 0 Å². The van der Waals surface area contributed by atoms with Crippen LogP contribution in [0.4, 0.5) is 0 Å². The number of nitrogens with two attached hydrogens (primary N) is 1. The molecule has 3 heteroatoms. The predicted octanol–water partition coefficient (Wildman–Crippen LogP) is 1.56. The number of aliphatic hydroxyl groups is 1. The number of rotatable bonds is 4. The Balaban J connectivity index is 2.62. The molecule has 0 unspecified atom stereocenters. The number of aliphatic hydroxyl groups excluding tert-OH is 1. The van der Waals surface area contributed by atoms with Crippen molar-refractivity contribution < 1.29 is 5.11 Å². The molecule has 0 aliphatic heterocycles. The molecule has 1 atom stereocenters. The summed E-state index contributed by atoms with van der Waals surface area (Å²) in [5.41, 5.74) is 6.70. The third kappa shape index (κ3) is 3.46. The Kier molecular flexibility index (Phi) is 4.42. The second-order valence-corrected chi connectivity index (χ2v) is 4.03. The smallest absolute Gasteiger partial charge is 0.0474 e. The van der Waals surface area contributed by atoms with E-state index in [4.69, 9.17) is 10.8 Å². The zero-order valence-corrected chi connectivity index (χ0v) is 9.00. The van der Waals surface area contributed by atoms with E-state index in [1.807, 2.05) is 18.2 Å². The van der Waals surface area contributed by atoms with E-state index in [-0.39, 0.29) is 12.5 Å². The average Bonchev–Trinajstić information content (AvgIpc) is 2.14. The highest BCUT2D eigenvalue weighted by atomic mass is 79.9. The number of hydrogen-bond acceptors (Lipinski definition) is 2. The van der Waals surface area contributed by atoms with E-state index in [9.17, 15) is 0 Å². The van der Waals surface area contributed by atoms with E-state index in [1.54, 1.807) is 0 Å². The van der Waals surface area contributed by atoms with Crippen LogP contribution in [0.1, 0.15) is 5.56 Å². The molecule has 0 aliphatic rings. The van der Waals surface area contributed by atoms with Crippen LogP contribution in [0.3, 0.4) is 0 Å². The third-order valence-corrected chi connectivity index (χ3v) is 2.50. The van der Waals surface area contributed by atoms with Crippen LogP contribution in [0.2, 0.25) is 0 Å². The summed E-state index contributed by atoms with van der Waals surface area (Å²) in [4.78, 5) is 0. The van der Waals surface area contributed by atoms with Gasteiger partial charge in [0.2, 0.25) is 0 Å². The van der Waals surface area contributed by atoms with Crippen molar-refractivity contribution in [3.05, 3.63) is 34.3 Å². The molecule has 0 amide bonds. The maximum Gasteiger partial charge on any atom is 0.0474 e. The molecule has 0 saturated carbocycles. The van der Waals surface area contributed by atoms with Gasteiger partial charge in [0.1, 0.15) is 0 Å². The van der Waals surface area contributed by atoms with E-state index < -0.39 is 0 Å². The fourth-order valence-corrected chi connectivity index (χ4v) is 1.67. The highest BCUT2D eigenvalue weighted by Crippen LogP contribution is 2.14. The molecule has 0 spiro atoms. The fourth-order valence-electron chi connectivity index (χ4n) is 1.22. The first-order valence-electron chi connectivity index (χ1n) is 4.31. The first-order valence-corrected chi connectivity index (χ1v) is 5.11. The number of hydrogen-bond donors (Lipinski definition) is 2. The molecule has 13 heavy (non-hydrogen) atoms. The minimum absolute atomic E-state index is 0.156. The van der Waals surface area contributed by atoms with Crippen LogP contribution in [0.15, 0.2) is 28.7 Å². The SMILES string of the molecule is NC[C@@H](CO)Cc1cccc(Br)c1. The van der Waals surface area contributed by atoms with Crippen LogP contribution in [0, 0.1) is 5.92 Å². The minimum Gasteiger partial charge on any atom is -0.396 e. The summed E-state index contributed by atoms with van der Waals surface area (Å²) in [5.74, 6) is 0.175. The number of benzene rings is 1. The van der Waals surface area contributed by atoms with E-state index in [0.717, 1.165) is 10.9 Å². The molecule has 1 rings (SSSR count). The van der Waals surface area contributed by atoms with Gasteiger partial charge in [0.05, 0.1) is 0 Å². The molecule has 0 aromatic heterocycles. The lowest BCUT2D eigenvalue weighted by Gasteiger charge is -2.10. The lowest BCUT2D eigenvalue weighted by molar-refractivity contribution is 0.230. The monoisotopic (exact) mass is 243 g/mol. The van der Waals surface area contributed by atoms with E-state index in [2.05, 4.69) is 22.0 Å². The van der Waals surface area contributed by atoms with E-state index in [0.29, 0.717) is 6.54 Å². The molecule has 0 aliphatic carbocycles. The Bertz CT molecular complexity index is 261. The van der Waals surface area contributed by atoms with Crippen molar-refractivity contribution in [2.75, 3.05) is 13.2 Å². The molecular weight excluding hydrogens is 230 g/mol. The summed E-state index contributed by atoms with van der Waals surface area (Å²) < 4.78 is 1.07. The van der Waals surface area contributed by atoms with Gasteiger partial charge >= 0.3 is 0 Å². The van der Waals surface area contributed by atoms with Crippen molar-refractivity contribution in [1.82, 2.24) is 0 Å². The van der Waals surface area contributed by atoms with Crippen LogP contribution in [-0.2, 0) is 6.42 Å². The molecule has 1 aromatic carbocycles. The Morgan fingerprint density at radius 1 is 1.46 bits per heavy atom. The third-order valence-electron chi connectivity index (χ3n) is 2.00. The van der Waals surface area contributed by atoms with Gasteiger partial charge in [-0.1, -0.05) is 28.1 Å². The van der Waals surface area contributed by atoms with Crippen molar-refractivity contribution in [3.8, 4) is 0 Å². The van der Waals surface area contributed by atoms with Crippen LogP contribution < -0.4 is 5.73 Å².